The first-order valence-corrected chi connectivity index (χ1v) is 4.10. The first-order chi connectivity index (χ1) is 5.74. The zero-order valence-corrected chi connectivity index (χ0v) is 7.67. The maximum Gasteiger partial charge on any atom is 0.0535 e. The highest BCUT2D eigenvalue weighted by atomic mass is 15.1. The standard InChI is InChI=1S/C8H16N4/c1-12(2)4-3-8-7(5-9)6-10-11-8/h6H,3-5,9H2,1-2H3,(H,10,11). The number of nitrogens with two attached hydrogens (primary N) is 1. The van der Waals surface area contributed by atoms with Crippen LogP contribution in [0, 0.1) is 0 Å². The summed E-state index contributed by atoms with van der Waals surface area (Å²) in [6.45, 7) is 1.59. The van der Waals surface area contributed by atoms with Crippen LogP contribution in [0.15, 0.2) is 6.20 Å². The number of hydrogen-bond donors (Lipinski definition) is 2. The largest absolute Gasteiger partial charge is 0.326 e. The minimum absolute atomic E-state index is 0.569. The van der Waals surface area contributed by atoms with Gasteiger partial charge in [0.15, 0.2) is 0 Å². The Morgan fingerprint density at radius 1 is 1.58 bits per heavy atom. The molecule has 0 aromatic carbocycles. The van der Waals surface area contributed by atoms with Crippen molar-refractivity contribution in [1.29, 1.82) is 0 Å². The van der Waals surface area contributed by atoms with E-state index >= 15 is 0 Å². The first-order valence-electron chi connectivity index (χ1n) is 4.10. The summed E-state index contributed by atoms with van der Waals surface area (Å²) in [7, 11) is 4.11. The average Bonchev–Trinajstić information content (AvgIpc) is 2.47. The number of likely N-dealkylation sites (N-methyl/N-ethyl adjacent to an activating group) is 1. The van der Waals surface area contributed by atoms with Gasteiger partial charge in [-0.15, -0.1) is 0 Å². The molecule has 0 aliphatic carbocycles. The Kier molecular flexibility index (Phi) is 3.25. The topological polar surface area (TPSA) is 57.9 Å². The number of hydrogen-bond acceptors (Lipinski definition) is 3. The lowest BCUT2D eigenvalue weighted by Crippen LogP contribution is -2.16. The second kappa shape index (κ2) is 4.23. The summed E-state index contributed by atoms with van der Waals surface area (Å²) >= 11 is 0. The maximum absolute atomic E-state index is 5.53. The van der Waals surface area contributed by atoms with Gasteiger partial charge in [0, 0.05) is 30.8 Å². The van der Waals surface area contributed by atoms with Crippen LogP contribution in [-0.4, -0.2) is 35.7 Å². The third-order valence-electron chi connectivity index (χ3n) is 1.84. The van der Waals surface area contributed by atoms with Crippen molar-refractivity contribution < 1.29 is 0 Å². The molecule has 1 rings (SSSR count). The lowest BCUT2D eigenvalue weighted by molar-refractivity contribution is 0.411. The van der Waals surface area contributed by atoms with Crippen molar-refractivity contribution >= 4 is 0 Å². The first kappa shape index (κ1) is 9.22. The van der Waals surface area contributed by atoms with Crippen molar-refractivity contribution in [2.45, 2.75) is 13.0 Å². The highest BCUT2D eigenvalue weighted by molar-refractivity contribution is 5.15. The fourth-order valence-corrected chi connectivity index (χ4v) is 1.07. The Morgan fingerprint density at radius 3 is 2.92 bits per heavy atom. The van der Waals surface area contributed by atoms with E-state index in [2.05, 4.69) is 29.2 Å². The molecule has 0 fully saturated rings. The lowest BCUT2D eigenvalue weighted by Gasteiger charge is -2.08. The van der Waals surface area contributed by atoms with Gasteiger partial charge in [0.1, 0.15) is 0 Å². The molecule has 0 saturated heterocycles. The zero-order valence-electron chi connectivity index (χ0n) is 7.67. The van der Waals surface area contributed by atoms with E-state index in [-0.39, 0.29) is 0 Å². The molecular formula is C8H16N4. The van der Waals surface area contributed by atoms with E-state index in [1.54, 1.807) is 6.20 Å². The van der Waals surface area contributed by atoms with Crippen LogP contribution in [0.25, 0.3) is 0 Å². The minimum Gasteiger partial charge on any atom is -0.326 e. The molecule has 68 valence electrons. The number of rotatable bonds is 4. The van der Waals surface area contributed by atoms with Crippen molar-refractivity contribution in [3.63, 3.8) is 0 Å². The number of nitrogens with one attached hydrogen (secondary N) is 1. The third-order valence-corrected chi connectivity index (χ3v) is 1.84. The van der Waals surface area contributed by atoms with Crippen LogP contribution in [0.4, 0.5) is 0 Å². The maximum atomic E-state index is 5.53. The summed E-state index contributed by atoms with van der Waals surface area (Å²) in [5.41, 5.74) is 7.81. The second-order valence-corrected chi connectivity index (χ2v) is 3.13. The molecule has 0 aliphatic heterocycles. The molecule has 0 radical (unpaired) electrons. The second-order valence-electron chi connectivity index (χ2n) is 3.13. The summed E-state index contributed by atoms with van der Waals surface area (Å²) in [6.07, 6.45) is 2.78. The molecule has 1 heterocycles. The van der Waals surface area contributed by atoms with E-state index in [1.807, 2.05) is 0 Å². The van der Waals surface area contributed by atoms with Gasteiger partial charge in [-0.3, -0.25) is 5.10 Å². The molecule has 12 heavy (non-hydrogen) atoms. The smallest absolute Gasteiger partial charge is 0.0535 e. The molecule has 4 heteroatoms. The number of nitrogens with zero attached hydrogens (tertiary/aromatic N) is 2. The molecule has 4 nitrogen and oxygen atoms in total. The van der Waals surface area contributed by atoms with E-state index in [0.717, 1.165) is 24.2 Å². The third kappa shape index (κ3) is 2.32. The average molecular weight is 168 g/mol. The summed E-state index contributed by atoms with van der Waals surface area (Å²) in [5, 5.41) is 6.90. The van der Waals surface area contributed by atoms with Crippen LogP contribution in [0.1, 0.15) is 11.3 Å². The fraction of sp³-hybridized carbons (Fsp3) is 0.625. The van der Waals surface area contributed by atoms with Crippen LogP contribution in [0.3, 0.4) is 0 Å². The molecule has 0 aliphatic rings. The molecule has 0 spiro atoms. The highest BCUT2D eigenvalue weighted by Gasteiger charge is 2.02. The van der Waals surface area contributed by atoms with Gasteiger partial charge in [0.05, 0.1) is 6.20 Å². The molecule has 0 saturated carbocycles. The van der Waals surface area contributed by atoms with E-state index in [9.17, 15) is 0 Å². The monoisotopic (exact) mass is 168 g/mol. The van der Waals surface area contributed by atoms with Crippen molar-refractivity contribution in [2.75, 3.05) is 20.6 Å². The van der Waals surface area contributed by atoms with Gasteiger partial charge in [-0.2, -0.15) is 5.10 Å². The van der Waals surface area contributed by atoms with Crippen LogP contribution >= 0.6 is 0 Å². The van der Waals surface area contributed by atoms with Gasteiger partial charge in [-0.25, -0.2) is 0 Å². The Balaban J connectivity index is 2.50. The Labute approximate surface area is 72.8 Å². The fourth-order valence-electron chi connectivity index (χ4n) is 1.07. The van der Waals surface area contributed by atoms with Gasteiger partial charge >= 0.3 is 0 Å². The van der Waals surface area contributed by atoms with Gasteiger partial charge in [-0.1, -0.05) is 0 Å². The zero-order chi connectivity index (χ0) is 8.97. The van der Waals surface area contributed by atoms with E-state index in [0.29, 0.717) is 6.54 Å². The minimum atomic E-state index is 0.569. The Hall–Kier alpha value is -0.870. The Bertz CT molecular complexity index is 229. The molecule has 1 aromatic heterocycles. The van der Waals surface area contributed by atoms with Crippen molar-refractivity contribution in [2.24, 2.45) is 5.73 Å². The SMILES string of the molecule is CN(C)CCc1[nH]ncc1CN. The summed E-state index contributed by atoms with van der Waals surface area (Å²) < 4.78 is 0. The van der Waals surface area contributed by atoms with Crippen LogP contribution in [0.2, 0.25) is 0 Å². The summed E-state index contributed by atoms with van der Waals surface area (Å²) in [4.78, 5) is 2.14. The van der Waals surface area contributed by atoms with E-state index in [4.69, 9.17) is 5.73 Å². The quantitative estimate of drug-likeness (QED) is 0.664. The number of H-pyrrole nitrogens is 1. The molecule has 0 atom stereocenters. The molecule has 0 amide bonds. The van der Waals surface area contributed by atoms with Crippen molar-refractivity contribution in [1.82, 2.24) is 15.1 Å². The van der Waals surface area contributed by atoms with Gasteiger partial charge in [0.25, 0.3) is 0 Å². The van der Waals surface area contributed by atoms with E-state index < -0.39 is 0 Å². The van der Waals surface area contributed by atoms with Crippen LogP contribution < -0.4 is 5.73 Å². The van der Waals surface area contributed by atoms with Crippen molar-refractivity contribution in [3.05, 3.63) is 17.5 Å². The van der Waals surface area contributed by atoms with Gasteiger partial charge in [0.2, 0.25) is 0 Å². The van der Waals surface area contributed by atoms with Gasteiger partial charge < -0.3 is 10.6 Å². The predicted octanol–water partition coefficient (Wildman–Crippen LogP) is -0.0275. The predicted molar refractivity (Wildman–Crippen MR) is 48.7 cm³/mol. The number of aromatic nitrogens is 2. The molecule has 3 N–H and O–H groups in total. The molecule has 1 aromatic rings. The van der Waals surface area contributed by atoms with Crippen molar-refractivity contribution in [3.8, 4) is 0 Å². The molecule has 0 unspecified atom stereocenters. The number of aromatic amines is 1. The molecular weight excluding hydrogens is 152 g/mol. The van der Waals surface area contributed by atoms with E-state index in [1.165, 1.54) is 0 Å². The van der Waals surface area contributed by atoms with Crippen LogP contribution in [-0.2, 0) is 13.0 Å². The van der Waals surface area contributed by atoms with Crippen LogP contribution in [0.5, 0.6) is 0 Å². The summed E-state index contributed by atoms with van der Waals surface area (Å²) in [5.74, 6) is 0. The highest BCUT2D eigenvalue weighted by Crippen LogP contribution is 2.03. The molecule has 0 bridgehead atoms. The van der Waals surface area contributed by atoms with Gasteiger partial charge in [-0.05, 0) is 14.1 Å². The normalized spacial score (nSPS) is 11.0. The Morgan fingerprint density at radius 2 is 2.33 bits per heavy atom. The summed E-state index contributed by atoms with van der Waals surface area (Å²) in [6, 6.07) is 0. The lowest BCUT2D eigenvalue weighted by atomic mass is 10.2.